The molecule has 0 spiro atoms. The molecule has 0 radical (unpaired) electrons. The van der Waals surface area contributed by atoms with E-state index in [1.54, 1.807) is 0 Å². The second-order valence-corrected chi connectivity index (χ2v) is 6.78. The molecule has 1 aliphatic carbocycles. The number of hydrogen-bond acceptors (Lipinski definition) is 5. The van der Waals surface area contributed by atoms with E-state index in [0.717, 1.165) is 50.9 Å². The van der Waals surface area contributed by atoms with Gasteiger partial charge in [-0.15, -0.1) is 0 Å². The molecular formula is C18H21N3O4. The average Bonchev–Trinajstić information content (AvgIpc) is 3.17. The smallest absolute Gasteiger partial charge is 0.404 e. The summed E-state index contributed by atoms with van der Waals surface area (Å²) in [6, 6.07) is 0. The number of hydrogen-bond donors (Lipinski definition) is 1. The molecule has 4 rings (SSSR count). The van der Waals surface area contributed by atoms with E-state index in [0.29, 0.717) is 29.1 Å². The fraction of sp³-hybridized carbons (Fsp3) is 0.500. The van der Waals surface area contributed by atoms with Crippen LogP contribution in [0.15, 0.2) is 11.8 Å². The molecule has 1 aromatic heterocycles. The second kappa shape index (κ2) is 6.06. The third-order valence-electron chi connectivity index (χ3n) is 5.29. The molecule has 0 unspecified atom stereocenters. The first-order valence-corrected chi connectivity index (χ1v) is 8.80. The Hall–Kier alpha value is -2.57. The van der Waals surface area contributed by atoms with E-state index in [-0.39, 0.29) is 18.2 Å². The molecule has 0 aromatic carbocycles. The van der Waals surface area contributed by atoms with Crippen LogP contribution >= 0.6 is 0 Å². The number of allylic oxidation sites excluding steroid dienone is 2. The lowest BCUT2D eigenvalue weighted by atomic mass is 9.93. The minimum absolute atomic E-state index is 0.0632. The number of likely N-dealkylation sites (tertiary alicyclic amines) is 1. The summed E-state index contributed by atoms with van der Waals surface area (Å²) >= 11 is 0. The first-order valence-electron chi connectivity index (χ1n) is 8.80. The predicted octanol–water partition coefficient (Wildman–Crippen LogP) is 1.78. The number of nitrogens with two attached hydrogens (primary N) is 1. The topological polar surface area (TPSA) is 94.6 Å². The van der Waals surface area contributed by atoms with E-state index < -0.39 is 6.09 Å². The van der Waals surface area contributed by atoms with E-state index in [1.807, 2.05) is 9.47 Å². The highest BCUT2D eigenvalue weighted by atomic mass is 16.5. The van der Waals surface area contributed by atoms with Gasteiger partial charge in [-0.3, -0.25) is 9.59 Å². The minimum Gasteiger partial charge on any atom is -0.445 e. The van der Waals surface area contributed by atoms with Crippen molar-refractivity contribution in [3.8, 4) is 0 Å². The van der Waals surface area contributed by atoms with Crippen molar-refractivity contribution >= 4 is 17.7 Å². The van der Waals surface area contributed by atoms with Crippen LogP contribution in [0.25, 0.3) is 0 Å². The van der Waals surface area contributed by atoms with Crippen molar-refractivity contribution in [1.29, 1.82) is 0 Å². The van der Waals surface area contributed by atoms with E-state index in [9.17, 15) is 14.4 Å². The van der Waals surface area contributed by atoms with Gasteiger partial charge in [0.1, 0.15) is 12.3 Å². The van der Waals surface area contributed by atoms with Gasteiger partial charge < -0.3 is 19.9 Å². The van der Waals surface area contributed by atoms with E-state index >= 15 is 0 Å². The standard InChI is InChI=1S/C18H21N3O4/c19-18(24)25-10-11-12-5-4-8-21(12)16-14(22)9-13(17(23)15(11)16)20-6-2-1-3-7-20/h9H,1-8,10H2,(H2,19,24). The van der Waals surface area contributed by atoms with Crippen LogP contribution in [0.5, 0.6) is 0 Å². The Labute approximate surface area is 145 Å². The van der Waals surface area contributed by atoms with E-state index in [4.69, 9.17) is 10.5 Å². The number of carbonyl (C=O) groups is 3. The monoisotopic (exact) mass is 343 g/mol. The molecular weight excluding hydrogens is 322 g/mol. The van der Waals surface area contributed by atoms with E-state index in [1.165, 1.54) is 6.08 Å². The zero-order valence-electron chi connectivity index (χ0n) is 14.0. The SMILES string of the molecule is NC(=O)OCc1c2c(n3c1CCC3)C(=O)C=C(N1CCCCC1)C2=O. The summed E-state index contributed by atoms with van der Waals surface area (Å²) in [6.07, 6.45) is 5.48. The van der Waals surface area contributed by atoms with Crippen LogP contribution in [0.1, 0.15) is 57.8 Å². The molecule has 3 aliphatic rings. The zero-order valence-corrected chi connectivity index (χ0v) is 14.0. The number of ketones is 2. The van der Waals surface area contributed by atoms with Crippen molar-refractivity contribution in [3.05, 3.63) is 34.3 Å². The maximum Gasteiger partial charge on any atom is 0.404 e. The zero-order chi connectivity index (χ0) is 17.6. The van der Waals surface area contributed by atoms with Crippen LogP contribution in [0.3, 0.4) is 0 Å². The van der Waals surface area contributed by atoms with Gasteiger partial charge in [0.2, 0.25) is 11.6 Å². The molecule has 7 heteroatoms. The van der Waals surface area contributed by atoms with Gasteiger partial charge in [0.05, 0.1) is 11.3 Å². The van der Waals surface area contributed by atoms with Crippen LogP contribution in [0.2, 0.25) is 0 Å². The number of carbonyl (C=O) groups excluding carboxylic acids is 3. The molecule has 0 bridgehead atoms. The highest BCUT2D eigenvalue weighted by Gasteiger charge is 2.38. The number of primary amides is 1. The average molecular weight is 343 g/mol. The fourth-order valence-electron chi connectivity index (χ4n) is 4.21. The summed E-state index contributed by atoms with van der Waals surface area (Å²) in [6.45, 7) is 2.23. The van der Waals surface area contributed by atoms with Crippen LogP contribution in [-0.2, 0) is 24.3 Å². The number of piperidine rings is 1. The summed E-state index contributed by atoms with van der Waals surface area (Å²) in [4.78, 5) is 39.0. The lowest BCUT2D eigenvalue weighted by Crippen LogP contribution is -2.35. The number of aromatic nitrogens is 1. The molecule has 2 aliphatic heterocycles. The van der Waals surface area contributed by atoms with Gasteiger partial charge in [-0.05, 0) is 32.1 Å². The molecule has 3 heterocycles. The number of amides is 1. The van der Waals surface area contributed by atoms with Crippen molar-refractivity contribution in [1.82, 2.24) is 9.47 Å². The third kappa shape index (κ3) is 2.54. The molecule has 1 fully saturated rings. The normalized spacial score (nSPS) is 19.5. The fourth-order valence-corrected chi connectivity index (χ4v) is 4.21. The second-order valence-electron chi connectivity index (χ2n) is 6.78. The first-order chi connectivity index (χ1) is 12.1. The van der Waals surface area contributed by atoms with Crippen molar-refractivity contribution in [2.24, 2.45) is 5.73 Å². The number of nitrogens with zero attached hydrogens (tertiary/aromatic N) is 2. The Morgan fingerprint density at radius 1 is 1.12 bits per heavy atom. The number of fused-ring (bicyclic) bond motifs is 3. The highest BCUT2D eigenvalue weighted by Crippen LogP contribution is 2.35. The predicted molar refractivity (Wildman–Crippen MR) is 89.3 cm³/mol. The maximum atomic E-state index is 13.2. The lowest BCUT2D eigenvalue weighted by Gasteiger charge is -2.31. The van der Waals surface area contributed by atoms with Crippen molar-refractivity contribution in [2.75, 3.05) is 13.1 Å². The molecule has 1 saturated heterocycles. The number of ether oxygens (including phenoxy) is 1. The summed E-state index contributed by atoms with van der Waals surface area (Å²) in [7, 11) is 0. The lowest BCUT2D eigenvalue weighted by molar-refractivity contribution is 0.0936. The number of Topliss-reactive ketones (excluding diaryl/α,β-unsaturated/α-hetero) is 1. The van der Waals surface area contributed by atoms with Gasteiger partial charge in [-0.2, -0.15) is 0 Å². The van der Waals surface area contributed by atoms with Crippen LogP contribution in [0.4, 0.5) is 4.79 Å². The van der Waals surface area contributed by atoms with Gasteiger partial charge in [-0.25, -0.2) is 4.79 Å². The molecule has 2 N–H and O–H groups in total. The minimum atomic E-state index is -0.881. The Morgan fingerprint density at radius 3 is 2.60 bits per heavy atom. The molecule has 1 amide bonds. The van der Waals surface area contributed by atoms with Crippen LogP contribution in [-0.4, -0.2) is 40.2 Å². The van der Waals surface area contributed by atoms with Gasteiger partial charge in [-0.1, -0.05) is 0 Å². The Bertz CT molecular complexity index is 800. The van der Waals surface area contributed by atoms with Gasteiger partial charge in [0.15, 0.2) is 0 Å². The molecule has 1 aromatic rings. The molecule has 25 heavy (non-hydrogen) atoms. The Morgan fingerprint density at radius 2 is 1.88 bits per heavy atom. The van der Waals surface area contributed by atoms with Gasteiger partial charge in [0, 0.05) is 37.0 Å². The maximum absolute atomic E-state index is 13.2. The van der Waals surface area contributed by atoms with Crippen molar-refractivity contribution in [2.45, 2.75) is 45.3 Å². The molecule has 132 valence electrons. The summed E-state index contributed by atoms with van der Waals surface area (Å²) in [5.74, 6) is -0.273. The Balaban J connectivity index is 1.77. The van der Waals surface area contributed by atoms with Crippen molar-refractivity contribution in [3.63, 3.8) is 0 Å². The van der Waals surface area contributed by atoms with Crippen LogP contribution < -0.4 is 5.73 Å². The van der Waals surface area contributed by atoms with Crippen molar-refractivity contribution < 1.29 is 19.1 Å². The summed E-state index contributed by atoms with van der Waals surface area (Å²) in [5.41, 5.74) is 7.99. The first kappa shape index (κ1) is 15.9. The Kier molecular flexibility index (Phi) is 3.86. The van der Waals surface area contributed by atoms with Gasteiger partial charge >= 0.3 is 6.09 Å². The van der Waals surface area contributed by atoms with E-state index in [2.05, 4.69) is 0 Å². The molecule has 0 atom stereocenters. The molecule has 0 saturated carbocycles. The quantitative estimate of drug-likeness (QED) is 0.903. The highest BCUT2D eigenvalue weighted by molar-refractivity contribution is 6.24. The van der Waals surface area contributed by atoms with Gasteiger partial charge in [0.25, 0.3) is 0 Å². The molecule has 7 nitrogen and oxygen atoms in total. The largest absolute Gasteiger partial charge is 0.445 e. The summed E-state index contributed by atoms with van der Waals surface area (Å²) < 4.78 is 6.89. The third-order valence-corrected chi connectivity index (χ3v) is 5.29. The van der Waals surface area contributed by atoms with Crippen LogP contribution in [0, 0.1) is 0 Å². The summed E-state index contributed by atoms with van der Waals surface area (Å²) in [5, 5.41) is 0. The number of rotatable bonds is 3.